The second-order valence-corrected chi connectivity index (χ2v) is 12.7. The van der Waals surface area contributed by atoms with Crippen molar-refractivity contribution in [2.45, 2.75) is 51.5 Å². The van der Waals surface area contributed by atoms with Crippen molar-refractivity contribution in [3.63, 3.8) is 0 Å². The van der Waals surface area contributed by atoms with Crippen molar-refractivity contribution in [1.29, 1.82) is 0 Å². The average molecular weight is 641 g/mol. The molecule has 5 aromatic carbocycles. The molecule has 2 N–H and O–H groups in total. The molecule has 0 aliphatic carbocycles. The van der Waals surface area contributed by atoms with Gasteiger partial charge in [0.2, 0.25) is 0 Å². The summed E-state index contributed by atoms with van der Waals surface area (Å²) in [6.07, 6.45) is -0.854. The molecule has 0 saturated carbocycles. The van der Waals surface area contributed by atoms with Gasteiger partial charge >= 0.3 is 0 Å². The lowest BCUT2D eigenvalue weighted by Crippen LogP contribution is -2.44. The third-order valence-corrected chi connectivity index (χ3v) is 9.44. The lowest BCUT2D eigenvalue weighted by atomic mass is 9.89. The molecule has 6 nitrogen and oxygen atoms in total. The molecule has 6 rings (SSSR count). The van der Waals surface area contributed by atoms with E-state index >= 15 is 0 Å². The Morgan fingerprint density at radius 2 is 1.44 bits per heavy atom. The average Bonchev–Trinajstić information content (AvgIpc) is 3.15. The number of benzene rings is 5. The van der Waals surface area contributed by atoms with Crippen LogP contribution >= 0.6 is 0 Å². The zero-order chi connectivity index (χ0) is 33.5. The summed E-state index contributed by atoms with van der Waals surface area (Å²) in [6.45, 7) is 5.60. The van der Waals surface area contributed by atoms with Gasteiger partial charge in [-0.1, -0.05) is 116 Å². The minimum atomic E-state index is -0.567. The largest absolute Gasteiger partial charge is 0.392 e. The van der Waals surface area contributed by atoms with Gasteiger partial charge in [-0.15, -0.1) is 0 Å². The Kier molecular flexibility index (Phi) is 10.8. The van der Waals surface area contributed by atoms with Crippen molar-refractivity contribution >= 4 is 5.91 Å². The van der Waals surface area contributed by atoms with E-state index in [1.165, 1.54) is 5.56 Å². The highest BCUT2D eigenvalue weighted by Gasteiger charge is 2.39. The molecule has 0 aromatic heterocycles. The first kappa shape index (κ1) is 33.3. The van der Waals surface area contributed by atoms with Crippen molar-refractivity contribution in [3.05, 3.63) is 167 Å². The summed E-state index contributed by atoms with van der Waals surface area (Å²) < 4.78 is 13.6. The standard InChI is InChI=1S/C42H44N2O4/c1-29-39(27-44(3)30(2)33-13-6-4-7-14-33)47-42(48-40(29)34-22-20-31(28-45)21-23-34)38-19-11-18-37(25-38)36-17-10-12-32(24-36)26-43-41(46)35-15-8-5-9-16-35/h4-25,29-30,39-40,42,45H,26-28H2,1-3H3,(H,43,46)/t29-,30-,39+,40+,42+/m0/s1. The van der Waals surface area contributed by atoms with Crippen molar-refractivity contribution < 1.29 is 19.4 Å². The van der Waals surface area contributed by atoms with Crippen molar-refractivity contribution in [1.82, 2.24) is 10.2 Å². The summed E-state index contributed by atoms with van der Waals surface area (Å²) in [5, 5.41) is 12.7. The molecule has 5 atom stereocenters. The number of rotatable bonds is 11. The van der Waals surface area contributed by atoms with Crippen LogP contribution < -0.4 is 5.32 Å². The summed E-state index contributed by atoms with van der Waals surface area (Å²) in [5.41, 5.74) is 7.91. The first-order chi connectivity index (χ1) is 23.4. The molecule has 1 saturated heterocycles. The predicted octanol–water partition coefficient (Wildman–Crippen LogP) is 8.26. The van der Waals surface area contributed by atoms with Gasteiger partial charge in [-0.2, -0.15) is 0 Å². The molecule has 5 aromatic rings. The Labute approximate surface area is 284 Å². The van der Waals surface area contributed by atoms with Gasteiger partial charge in [-0.05, 0) is 71.6 Å². The zero-order valence-electron chi connectivity index (χ0n) is 27.8. The zero-order valence-corrected chi connectivity index (χ0v) is 27.8. The van der Waals surface area contributed by atoms with Crippen LogP contribution in [0.25, 0.3) is 11.1 Å². The fraction of sp³-hybridized carbons (Fsp3) is 0.262. The maximum Gasteiger partial charge on any atom is 0.251 e. The number of hydrogen-bond donors (Lipinski definition) is 2. The third-order valence-electron chi connectivity index (χ3n) is 9.44. The summed E-state index contributed by atoms with van der Waals surface area (Å²) in [5.74, 6) is -0.0136. The predicted molar refractivity (Wildman–Crippen MR) is 190 cm³/mol. The van der Waals surface area contributed by atoms with Crippen LogP contribution in [-0.2, 0) is 22.6 Å². The van der Waals surface area contributed by atoms with E-state index in [0.29, 0.717) is 12.1 Å². The Morgan fingerprint density at radius 1 is 0.771 bits per heavy atom. The molecule has 246 valence electrons. The van der Waals surface area contributed by atoms with E-state index in [1.54, 1.807) is 0 Å². The second kappa shape index (κ2) is 15.5. The highest BCUT2D eigenvalue weighted by molar-refractivity contribution is 5.94. The molecule has 1 fully saturated rings. The molecule has 6 heteroatoms. The number of aliphatic hydroxyl groups is 1. The minimum absolute atomic E-state index is 0.00523. The van der Waals surface area contributed by atoms with E-state index in [1.807, 2.05) is 66.7 Å². The number of likely N-dealkylation sites (N-methyl/N-ethyl adjacent to an activating group) is 1. The summed E-state index contributed by atoms with van der Waals surface area (Å²) in [6, 6.07) is 44.7. The summed E-state index contributed by atoms with van der Waals surface area (Å²) >= 11 is 0. The van der Waals surface area contributed by atoms with Crippen molar-refractivity contribution in [3.8, 4) is 11.1 Å². The molecular weight excluding hydrogens is 596 g/mol. The first-order valence-corrected chi connectivity index (χ1v) is 16.7. The van der Waals surface area contributed by atoms with E-state index in [4.69, 9.17) is 9.47 Å². The Hall–Kier alpha value is -4.59. The number of hydrogen-bond acceptors (Lipinski definition) is 5. The van der Waals surface area contributed by atoms with Gasteiger partial charge in [0.1, 0.15) is 0 Å². The van der Waals surface area contributed by atoms with E-state index < -0.39 is 6.29 Å². The fourth-order valence-corrected chi connectivity index (χ4v) is 6.36. The Morgan fingerprint density at radius 3 is 2.15 bits per heavy atom. The van der Waals surface area contributed by atoms with E-state index in [0.717, 1.165) is 39.9 Å². The lowest BCUT2D eigenvalue weighted by molar-refractivity contribution is -0.276. The monoisotopic (exact) mass is 640 g/mol. The van der Waals surface area contributed by atoms with Gasteiger partial charge < -0.3 is 19.9 Å². The lowest BCUT2D eigenvalue weighted by Gasteiger charge is -2.43. The van der Waals surface area contributed by atoms with Crippen LogP contribution in [0.3, 0.4) is 0 Å². The number of aliphatic hydroxyl groups excluding tert-OH is 1. The number of carbonyl (C=O) groups excluding carboxylic acids is 1. The van der Waals surface area contributed by atoms with Crippen LogP contribution in [-0.4, -0.2) is 35.6 Å². The van der Waals surface area contributed by atoms with Crippen molar-refractivity contribution in [2.24, 2.45) is 5.92 Å². The second-order valence-electron chi connectivity index (χ2n) is 12.7. The molecule has 1 aliphatic rings. The normalized spacial score (nSPS) is 19.9. The van der Waals surface area contributed by atoms with E-state index in [2.05, 4.69) is 97.8 Å². The molecule has 1 heterocycles. The van der Waals surface area contributed by atoms with E-state index in [-0.39, 0.29) is 36.7 Å². The van der Waals surface area contributed by atoms with Gasteiger partial charge in [0.05, 0.1) is 18.8 Å². The highest BCUT2D eigenvalue weighted by atomic mass is 16.7. The third kappa shape index (κ3) is 7.92. The van der Waals surface area contributed by atoms with Gasteiger partial charge in [-0.25, -0.2) is 0 Å². The quantitative estimate of drug-likeness (QED) is 0.152. The van der Waals surface area contributed by atoms with Crippen LogP contribution in [0.4, 0.5) is 0 Å². The highest BCUT2D eigenvalue weighted by Crippen LogP contribution is 2.42. The number of nitrogens with zero attached hydrogens (tertiary/aromatic N) is 1. The maximum atomic E-state index is 12.6. The van der Waals surface area contributed by atoms with Crippen molar-refractivity contribution in [2.75, 3.05) is 13.6 Å². The molecular formula is C42H44N2O4. The number of ether oxygens (including phenoxy) is 2. The summed E-state index contributed by atoms with van der Waals surface area (Å²) in [4.78, 5) is 15.0. The molecule has 0 bridgehead atoms. The van der Waals surface area contributed by atoms with E-state index in [9.17, 15) is 9.90 Å². The Balaban J connectivity index is 1.23. The van der Waals surface area contributed by atoms with Gasteiger partial charge in [0.25, 0.3) is 5.91 Å². The molecule has 0 radical (unpaired) electrons. The SMILES string of the molecule is C[C@H]1[C@@H](CN(C)[C@@H](C)c2ccccc2)O[C@@H](c2cccc(-c3cccc(CNC(=O)c4ccccc4)c3)c2)O[C@H]1c1ccc(CO)cc1. The van der Waals surface area contributed by atoms with Crippen LogP contribution in [0.5, 0.6) is 0 Å². The Bertz CT molecular complexity index is 1780. The summed E-state index contributed by atoms with van der Waals surface area (Å²) in [7, 11) is 2.15. The molecule has 0 spiro atoms. The van der Waals surface area contributed by atoms with Crippen LogP contribution in [0.1, 0.15) is 70.5 Å². The first-order valence-electron chi connectivity index (χ1n) is 16.7. The van der Waals surface area contributed by atoms with Gasteiger partial charge in [0.15, 0.2) is 6.29 Å². The van der Waals surface area contributed by atoms with Gasteiger partial charge in [0, 0.05) is 36.2 Å². The molecule has 0 unspecified atom stereocenters. The topological polar surface area (TPSA) is 71.0 Å². The minimum Gasteiger partial charge on any atom is -0.392 e. The smallest absolute Gasteiger partial charge is 0.251 e. The maximum absolute atomic E-state index is 12.6. The van der Waals surface area contributed by atoms with Crippen LogP contribution in [0.2, 0.25) is 0 Å². The van der Waals surface area contributed by atoms with Crippen LogP contribution in [0.15, 0.2) is 133 Å². The molecule has 1 aliphatic heterocycles. The van der Waals surface area contributed by atoms with Crippen LogP contribution in [0, 0.1) is 5.92 Å². The number of amides is 1. The fourth-order valence-electron chi connectivity index (χ4n) is 6.36. The molecule has 48 heavy (non-hydrogen) atoms. The number of carbonyl (C=O) groups is 1. The molecule has 1 amide bonds. The number of nitrogens with one attached hydrogen (secondary N) is 1. The van der Waals surface area contributed by atoms with Gasteiger partial charge in [-0.3, -0.25) is 9.69 Å².